The molecule has 0 aromatic heterocycles. The van der Waals surface area contributed by atoms with Gasteiger partial charge in [-0.2, -0.15) is 0 Å². The second-order valence-corrected chi connectivity index (χ2v) is 7.65. The van der Waals surface area contributed by atoms with Gasteiger partial charge in [0.15, 0.2) is 0 Å². The van der Waals surface area contributed by atoms with Crippen molar-refractivity contribution in [2.24, 2.45) is 5.73 Å². The molecule has 8 heteroatoms. The summed E-state index contributed by atoms with van der Waals surface area (Å²) in [5, 5.41) is 5.41. The first kappa shape index (κ1) is 24.4. The van der Waals surface area contributed by atoms with E-state index in [4.69, 9.17) is 15.2 Å². The Morgan fingerprint density at radius 2 is 1.76 bits per heavy atom. The summed E-state index contributed by atoms with van der Waals surface area (Å²) in [5.74, 6) is -0.642. The Morgan fingerprint density at radius 1 is 1.10 bits per heavy atom. The van der Waals surface area contributed by atoms with Crippen molar-refractivity contribution in [3.63, 3.8) is 0 Å². The summed E-state index contributed by atoms with van der Waals surface area (Å²) in [5.41, 5.74) is 6.22. The Labute approximate surface area is 172 Å². The molecule has 0 aliphatic carbocycles. The average molecular weight is 408 g/mol. The van der Waals surface area contributed by atoms with Crippen LogP contribution in [-0.4, -0.2) is 42.8 Å². The van der Waals surface area contributed by atoms with Crippen molar-refractivity contribution < 1.29 is 23.9 Å². The molecule has 1 aromatic carbocycles. The molecule has 0 fully saturated rings. The molecule has 0 aliphatic heterocycles. The van der Waals surface area contributed by atoms with E-state index < -0.39 is 17.7 Å². The number of carbonyl (C=O) groups excluding carboxylic acids is 3. The van der Waals surface area contributed by atoms with Gasteiger partial charge < -0.3 is 25.8 Å². The van der Waals surface area contributed by atoms with Crippen molar-refractivity contribution in [1.82, 2.24) is 5.32 Å². The number of nitrogens with two attached hydrogens (primary N) is 1. The van der Waals surface area contributed by atoms with Gasteiger partial charge in [0.05, 0.1) is 13.0 Å². The molecule has 1 atom stereocenters. The van der Waals surface area contributed by atoms with Crippen LogP contribution >= 0.6 is 0 Å². The van der Waals surface area contributed by atoms with E-state index in [1.807, 2.05) is 0 Å². The highest BCUT2D eigenvalue weighted by Gasteiger charge is 2.24. The van der Waals surface area contributed by atoms with E-state index >= 15 is 0 Å². The maximum absolute atomic E-state index is 12.7. The molecule has 2 amide bonds. The number of amides is 2. The minimum absolute atomic E-state index is 0.171. The Bertz CT molecular complexity index is 668. The van der Waals surface area contributed by atoms with Crippen molar-refractivity contribution in [1.29, 1.82) is 0 Å². The zero-order valence-electron chi connectivity index (χ0n) is 17.7. The topological polar surface area (TPSA) is 120 Å². The molecule has 0 unspecified atom stereocenters. The van der Waals surface area contributed by atoms with Crippen molar-refractivity contribution in [2.45, 2.75) is 65.0 Å². The van der Waals surface area contributed by atoms with Crippen molar-refractivity contribution in [2.75, 3.05) is 18.5 Å². The van der Waals surface area contributed by atoms with Gasteiger partial charge in [-0.3, -0.25) is 9.59 Å². The molecular weight excluding hydrogens is 374 g/mol. The van der Waals surface area contributed by atoms with Gasteiger partial charge in [-0.05, 0) is 71.2 Å². The molecule has 29 heavy (non-hydrogen) atoms. The molecule has 0 saturated carbocycles. The standard InChI is InChI=1S/C21H33N3O5/c1-5-28-18(25)14-15-9-11-16(12-10-15)23-19(26)17(8-6-7-13-22)24-20(27)29-21(2,3)4/h9-12,17H,5-8,13-14,22H2,1-4H3,(H,23,26)(H,24,27)/t17-/m0/s1. The fourth-order valence-electron chi connectivity index (χ4n) is 2.53. The number of esters is 1. The van der Waals surface area contributed by atoms with Gasteiger partial charge in [-0.25, -0.2) is 4.79 Å². The fourth-order valence-corrected chi connectivity index (χ4v) is 2.53. The first-order valence-corrected chi connectivity index (χ1v) is 9.89. The number of nitrogens with one attached hydrogen (secondary N) is 2. The van der Waals surface area contributed by atoms with Crippen LogP contribution in [0.5, 0.6) is 0 Å². The van der Waals surface area contributed by atoms with E-state index in [0.29, 0.717) is 31.7 Å². The average Bonchev–Trinajstić information content (AvgIpc) is 2.61. The van der Waals surface area contributed by atoms with Crippen LogP contribution in [0.15, 0.2) is 24.3 Å². The minimum Gasteiger partial charge on any atom is -0.466 e. The van der Waals surface area contributed by atoms with Crippen LogP contribution in [0.4, 0.5) is 10.5 Å². The lowest BCUT2D eigenvalue weighted by molar-refractivity contribution is -0.142. The highest BCUT2D eigenvalue weighted by atomic mass is 16.6. The summed E-state index contributed by atoms with van der Waals surface area (Å²) in [6, 6.07) is 6.16. The maximum atomic E-state index is 12.7. The lowest BCUT2D eigenvalue weighted by Crippen LogP contribution is -2.45. The van der Waals surface area contributed by atoms with E-state index in [9.17, 15) is 14.4 Å². The minimum atomic E-state index is -0.740. The molecular formula is C21H33N3O5. The molecule has 1 aromatic rings. The quantitative estimate of drug-likeness (QED) is 0.405. The first-order valence-electron chi connectivity index (χ1n) is 9.89. The fraction of sp³-hybridized carbons (Fsp3) is 0.571. The maximum Gasteiger partial charge on any atom is 0.408 e. The van der Waals surface area contributed by atoms with Crippen LogP contribution in [0.25, 0.3) is 0 Å². The zero-order valence-corrected chi connectivity index (χ0v) is 17.7. The van der Waals surface area contributed by atoms with Gasteiger partial charge >= 0.3 is 12.1 Å². The third-order valence-corrected chi connectivity index (χ3v) is 3.83. The van der Waals surface area contributed by atoms with Crippen LogP contribution in [0.2, 0.25) is 0 Å². The van der Waals surface area contributed by atoms with Crippen LogP contribution in [-0.2, 0) is 25.5 Å². The van der Waals surface area contributed by atoms with Gasteiger partial charge in [0, 0.05) is 5.69 Å². The van der Waals surface area contributed by atoms with E-state index in [0.717, 1.165) is 12.0 Å². The lowest BCUT2D eigenvalue weighted by atomic mass is 10.1. The van der Waals surface area contributed by atoms with Gasteiger partial charge in [-0.1, -0.05) is 12.1 Å². The van der Waals surface area contributed by atoms with Crippen LogP contribution in [0, 0.1) is 0 Å². The van der Waals surface area contributed by atoms with Gasteiger partial charge in [0.2, 0.25) is 5.91 Å². The highest BCUT2D eigenvalue weighted by Crippen LogP contribution is 2.13. The zero-order chi connectivity index (χ0) is 21.9. The predicted octanol–water partition coefficient (Wildman–Crippen LogP) is 2.75. The molecule has 0 bridgehead atoms. The number of anilines is 1. The van der Waals surface area contributed by atoms with E-state index in [2.05, 4.69) is 10.6 Å². The monoisotopic (exact) mass is 407 g/mol. The molecule has 0 radical (unpaired) electrons. The molecule has 1 rings (SSSR count). The van der Waals surface area contributed by atoms with E-state index in [1.54, 1.807) is 52.0 Å². The highest BCUT2D eigenvalue weighted by molar-refractivity contribution is 5.96. The van der Waals surface area contributed by atoms with Crippen molar-refractivity contribution >= 4 is 23.7 Å². The normalized spacial score (nSPS) is 12.0. The van der Waals surface area contributed by atoms with E-state index in [1.165, 1.54) is 0 Å². The third kappa shape index (κ3) is 10.5. The second kappa shape index (κ2) is 12.1. The molecule has 8 nitrogen and oxygen atoms in total. The largest absolute Gasteiger partial charge is 0.466 e. The lowest BCUT2D eigenvalue weighted by Gasteiger charge is -2.23. The Balaban J connectivity index is 2.72. The Kier molecular flexibility index (Phi) is 10.2. The van der Waals surface area contributed by atoms with Crippen molar-refractivity contribution in [3.8, 4) is 0 Å². The van der Waals surface area contributed by atoms with Crippen LogP contribution in [0.1, 0.15) is 52.5 Å². The summed E-state index contributed by atoms with van der Waals surface area (Å²) in [7, 11) is 0. The SMILES string of the molecule is CCOC(=O)Cc1ccc(NC(=O)[C@H](CCCCN)NC(=O)OC(C)(C)C)cc1. The van der Waals surface area contributed by atoms with Crippen LogP contribution in [0.3, 0.4) is 0 Å². The summed E-state index contributed by atoms with van der Waals surface area (Å²) >= 11 is 0. The molecule has 0 aliphatic rings. The number of unbranched alkanes of at least 4 members (excludes halogenated alkanes) is 1. The Hall–Kier alpha value is -2.61. The van der Waals surface area contributed by atoms with Crippen LogP contribution < -0.4 is 16.4 Å². The van der Waals surface area contributed by atoms with Crippen molar-refractivity contribution in [3.05, 3.63) is 29.8 Å². The number of hydrogen-bond acceptors (Lipinski definition) is 6. The number of rotatable bonds is 10. The molecule has 0 spiro atoms. The van der Waals surface area contributed by atoms with E-state index in [-0.39, 0.29) is 18.3 Å². The molecule has 0 heterocycles. The predicted molar refractivity (Wildman–Crippen MR) is 111 cm³/mol. The first-order chi connectivity index (χ1) is 13.6. The van der Waals surface area contributed by atoms with Gasteiger partial charge in [0.25, 0.3) is 0 Å². The molecule has 0 saturated heterocycles. The number of hydrogen-bond donors (Lipinski definition) is 3. The van der Waals surface area contributed by atoms with Gasteiger partial charge in [-0.15, -0.1) is 0 Å². The Morgan fingerprint density at radius 3 is 2.31 bits per heavy atom. The molecule has 4 N–H and O–H groups in total. The summed E-state index contributed by atoms with van der Waals surface area (Å²) in [4.78, 5) is 36.3. The summed E-state index contributed by atoms with van der Waals surface area (Å²) in [6.07, 6.45) is 1.42. The summed E-state index contributed by atoms with van der Waals surface area (Å²) < 4.78 is 10.2. The third-order valence-electron chi connectivity index (χ3n) is 3.83. The summed E-state index contributed by atoms with van der Waals surface area (Å²) in [6.45, 7) is 7.88. The number of benzene rings is 1. The molecule has 162 valence electrons. The smallest absolute Gasteiger partial charge is 0.408 e. The van der Waals surface area contributed by atoms with Gasteiger partial charge in [0.1, 0.15) is 11.6 Å². The number of ether oxygens (including phenoxy) is 2. The second-order valence-electron chi connectivity index (χ2n) is 7.65. The number of alkyl carbamates (subject to hydrolysis) is 1. The number of carbonyl (C=O) groups is 3.